The van der Waals surface area contributed by atoms with Crippen LogP contribution in [0.4, 0.5) is 11.4 Å². The normalized spacial score (nSPS) is 19.9. The van der Waals surface area contributed by atoms with Crippen LogP contribution in [0.15, 0.2) is 40.1 Å². The van der Waals surface area contributed by atoms with Crippen molar-refractivity contribution in [3.63, 3.8) is 0 Å². The van der Waals surface area contributed by atoms with Gasteiger partial charge in [-0.25, -0.2) is 4.99 Å². The average Bonchev–Trinajstić information content (AvgIpc) is 3.22. The lowest BCUT2D eigenvalue weighted by atomic mass is 10.1. The van der Waals surface area contributed by atoms with Crippen molar-refractivity contribution in [2.24, 2.45) is 4.99 Å². The van der Waals surface area contributed by atoms with E-state index in [1.54, 1.807) is 13.3 Å². The fraction of sp³-hybridized carbons (Fsp3) is 0.542. The Hall–Kier alpha value is -1.98. The second-order valence-corrected chi connectivity index (χ2v) is 8.91. The molecule has 1 aromatic carbocycles. The summed E-state index contributed by atoms with van der Waals surface area (Å²) in [5.74, 6) is 1.31. The zero-order chi connectivity index (χ0) is 21.7. The highest BCUT2D eigenvalue weighted by molar-refractivity contribution is 6.39. The highest BCUT2D eigenvalue weighted by Crippen LogP contribution is 2.36. The van der Waals surface area contributed by atoms with E-state index in [9.17, 15) is 0 Å². The Morgan fingerprint density at radius 3 is 2.63 bits per heavy atom. The molecule has 0 amide bonds. The van der Waals surface area contributed by atoms with E-state index in [0.717, 1.165) is 30.1 Å². The molecule has 30 heavy (non-hydrogen) atoms. The van der Waals surface area contributed by atoms with Gasteiger partial charge in [-0.15, -0.1) is 0 Å². The molecular weight excluding hydrogens is 396 g/mol. The highest BCUT2D eigenvalue weighted by atomic mass is 35.5. The number of hydrogen-bond donors (Lipinski definition) is 1. The van der Waals surface area contributed by atoms with Crippen LogP contribution < -0.4 is 15.0 Å². The Morgan fingerprint density at radius 2 is 1.97 bits per heavy atom. The topological polar surface area (TPSA) is 40.1 Å². The minimum absolute atomic E-state index is 0.520. The molecule has 0 radical (unpaired) electrons. The maximum atomic E-state index is 6.14. The molecule has 2 aliphatic rings. The third-order valence-electron chi connectivity index (χ3n) is 6.02. The van der Waals surface area contributed by atoms with Crippen molar-refractivity contribution in [1.82, 2.24) is 4.90 Å². The molecule has 2 aliphatic heterocycles. The number of nitrogens with one attached hydrogen (secondary N) is 1. The SMILES string of the molecule is C=C(N=CC(Cl)=C(C)C)Nc1cc(C)c(N2CCC(N3CCCCC3)C2)cc1OC. The number of anilines is 2. The van der Waals surface area contributed by atoms with Gasteiger partial charge in [-0.3, -0.25) is 4.90 Å². The first-order valence-corrected chi connectivity index (χ1v) is 11.3. The van der Waals surface area contributed by atoms with Gasteiger partial charge in [0.15, 0.2) is 0 Å². The van der Waals surface area contributed by atoms with Gasteiger partial charge in [0, 0.05) is 37.1 Å². The second kappa shape index (κ2) is 10.4. The molecule has 2 fully saturated rings. The molecule has 3 rings (SSSR count). The van der Waals surface area contributed by atoms with E-state index in [2.05, 4.69) is 45.7 Å². The Labute approximate surface area is 186 Å². The molecule has 164 valence electrons. The van der Waals surface area contributed by atoms with Crippen molar-refractivity contribution in [1.29, 1.82) is 0 Å². The molecule has 1 atom stereocenters. The standard InChI is InChI=1S/C24H35ClN4O/c1-17(2)21(25)15-26-19(4)27-22-13-18(3)23(14-24(22)30-5)29-12-9-20(16-29)28-10-7-6-8-11-28/h13-15,20,27H,4,6-12,16H2,1-3,5H3. The van der Waals surface area contributed by atoms with Crippen LogP contribution in [-0.4, -0.2) is 50.4 Å². The van der Waals surface area contributed by atoms with Crippen LogP contribution in [0.25, 0.3) is 0 Å². The highest BCUT2D eigenvalue weighted by Gasteiger charge is 2.29. The number of aryl methyl sites for hydroxylation is 1. The molecule has 1 N–H and O–H groups in total. The van der Waals surface area contributed by atoms with E-state index in [0.29, 0.717) is 16.9 Å². The number of nitrogens with zero attached hydrogens (tertiary/aromatic N) is 3. The van der Waals surface area contributed by atoms with E-state index in [4.69, 9.17) is 16.3 Å². The minimum atomic E-state index is 0.520. The largest absolute Gasteiger partial charge is 0.494 e. The fourth-order valence-electron chi connectivity index (χ4n) is 4.28. The van der Waals surface area contributed by atoms with Gasteiger partial charge >= 0.3 is 0 Å². The first kappa shape index (κ1) is 22.7. The lowest BCUT2D eigenvalue weighted by Gasteiger charge is -2.32. The summed E-state index contributed by atoms with van der Waals surface area (Å²) in [6.07, 6.45) is 6.92. The first-order chi connectivity index (χ1) is 14.4. The molecule has 0 saturated carbocycles. The van der Waals surface area contributed by atoms with Crippen molar-refractivity contribution < 1.29 is 4.74 Å². The molecule has 1 aromatic rings. The number of allylic oxidation sites excluding steroid dienone is 2. The van der Waals surface area contributed by atoms with Crippen molar-refractivity contribution in [2.45, 2.75) is 52.5 Å². The van der Waals surface area contributed by atoms with E-state index in [-0.39, 0.29) is 0 Å². The van der Waals surface area contributed by atoms with E-state index in [1.165, 1.54) is 50.0 Å². The summed E-state index contributed by atoms with van der Waals surface area (Å²) >= 11 is 6.14. The molecule has 0 aliphatic carbocycles. The fourth-order valence-corrected chi connectivity index (χ4v) is 4.33. The smallest absolute Gasteiger partial charge is 0.144 e. The number of hydrogen-bond acceptors (Lipinski definition) is 5. The van der Waals surface area contributed by atoms with Crippen molar-refractivity contribution in [3.8, 4) is 5.75 Å². The van der Waals surface area contributed by atoms with Gasteiger partial charge in [-0.1, -0.05) is 30.2 Å². The van der Waals surface area contributed by atoms with Crippen LogP contribution in [0.1, 0.15) is 45.1 Å². The Morgan fingerprint density at radius 1 is 1.23 bits per heavy atom. The monoisotopic (exact) mass is 430 g/mol. The summed E-state index contributed by atoms with van der Waals surface area (Å²) in [6, 6.07) is 4.92. The first-order valence-electron chi connectivity index (χ1n) is 10.9. The number of ether oxygens (including phenoxy) is 1. The summed E-state index contributed by atoms with van der Waals surface area (Å²) < 4.78 is 5.68. The third-order valence-corrected chi connectivity index (χ3v) is 6.50. The molecule has 0 aromatic heterocycles. The van der Waals surface area contributed by atoms with E-state index >= 15 is 0 Å². The predicted molar refractivity (Wildman–Crippen MR) is 129 cm³/mol. The number of aliphatic imine (C=N–C) groups is 1. The lowest BCUT2D eigenvalue weighted by Crippen LogP contribution is -2.40. The Bertz CT molecular complexity index is 823. The molecule has 0 bridgehead atoms. The maximum Gasteiger partial charge on any atom is 0.144 e. The van der Waals surface area contributed by atoms with E-state index < -0.39 is 0 Å². The maximum absolute atomic E-state index is 6.14. The quantitative estimate of drug-likeness (QED) is 0.575. The lowest BCUT2D eigenvalue weighted by molar-refractivity contribution is 0.175. The van der Waals surface area contributed by atoms with Crippen LogP contribution in [0, 0.1) is 6.92 Å². The van der Waals surface area contributed by atoms with Crippen molar-refractivity contribution >= 4 is 29.2 Å². The molecule has 5 nitrogen and oxygen atoms in total. The number of methoxy groups -OCH3 is 1. The zero-order valence-corrected chi connectivity index (χ0v) is 19.6. The van der Waals surface area contributed by atoms with Crippen LogP contribution in [0.5, 0.6) is 5.75 Å². The summed E-state index contributed by atoms with van der Waals surface area (Å²) in [5.41, 5.74) is 4.34. The summed E-state index contributed by atoms with van der Waals surface area (Å²) in [4.78, 5) is 9.50. The number of likely N-dealkylation sites (tertiary alicyclic amines) is 1. The van der Waals surface area contributed by atoms with Gasteiger partial charge < -0.3 is 15.0 Å². The summed E-state index contributed by atoms with van der Waals surface area (Å²) in [7, 11) is 1.70. The second-order valence-electron chi connectivity index (χ2n) is 8.50. The number of rotatable bonds is 7. The van der Waals surface area contributed by atoms with Crippen LogP contribution >= 0.6 is 11.6 Å². The molecule has 2 heterocycles. The zero-order valence-electron chi connectivity index (χ0n) is 18.8. The Kier molecular flexibility index (Phi) is 7.84. The van der Waals surface area contributed by atoms with Crippen molar-refractivity contribution in [2.75, 3.05) is 43.5 Å². The van der Waals surface area contributed by atoms with Crippen LogP contribution in [0.3, 0.4) is 0 Å². The molecular formula is C24H35ClN4O. The predicted octanol–water partition coefficient (Wildman–Crippen LogP) is 5.55. The molecule has 1 unspecified atom stereocenters. The summed E-state index contributed by atoms with van der Waals surface area (Å²) in [5, 5.41) is 3.87. The molecule has 0 spiro atoms. The number of benzene rings is 1. The summed E-state index contributed by atoms with van der Waals surface area (Å²) in [6.45, 7) is 14.7. The van der Waals surface area contributed by atoms with Gasteiger partial charge in [0.05, 0.1) is 17.8 Å². The van der Waals surface area contributed by atoms with Gasteiger partial charge in [0.25, 0.3) is 0 Å². The van der Waals surface area contributed by atoms with Crippen molar-refractivity contribution in [3.05, 3.63) is 40.7 Å². The van der Waals surface area contributed by atoms with Gasteiger partial charge in [0.2, 0.25) is 0 Å². The number of piperidine rings is 1. The Balaban J connectivity index is 1.71. The van der Waals surface area contributed by atoms with E-state index in [1.807, 2.05) is 13.8 Å². The van der Waals surface area contributed by atoms with Crippen LogP contribution in [-0.2, 0) is 0 Å². The third kappa shape index (κ3) is 5.58. The number of halogens is 1. The molecule has 2 saturated heterocycles. The van der Waals surface area contributed by atoms with Gasteiger partial charge in [0.1, 0.15) is 11.6 Å². The van der Waals surface area contributed by atoms with Crippen LogP contribution in [0.2, 0.25) is 0 Å². The van der Waals surface area contributed by atoms with Gasteiger partial charge in [-0.05, 0) is 64.8 Å². The van der Waals surface area contributed by atoms with Gasteiger partial charge in [-0.2, -0.15) is 0 Å². The minimum Gasteiger partial charge on any atom is -0.494 e. The molecule has 6 heteroatoms. The average molecular weight is 431 g/mol.